The normalized spacial score (nSPS) is 10.2. The van der Waals surface area contributed by atoms with Gasteiger partial charge in [0.05, 0.1) is 4.90 Å². The van der Waals surface area contributed by atoms with E-state index >= 15 is 0 Å². The summed E-state index contributed by atoms with van der Waals surface area (Å²) in [5.74, 6) is 0.150. The highest BCUT2D eigenvalue weighted by Crippen LogP contribution is 2.35. The van der Waals surface area contributed by atoms with Crippen LogP contribution in [0.1, 0.15) is 0 Å². The van der Waals surface area contributed by atoms with Gasteiger partial charge in [-0.3, -0.25) is 0 Å². The minimum absolute atomic E-state index is 0.435. The molecule has 0 atom stereocenters. The molecule has 0 aliphatic heterocycles. The average Bonchev–Trinajstić information content (AvgIpc) is 2.38. The van der Waals surface area contributed by atoms with Crippen molar-refractivity contribution in [1.82, 2.24) is 0 Å². The Balaban J connectivity index is 2.56. The van der Waals surface area contributed by atoms with Crippen molar-refractivity contribution < 1.29 is 9.53 Å². The molecule has 0 aliphatic carbocycles. The van der Waals surface area contributed by atoms with E-state index in [1.165, 1.54) is 6.08 Å². The molecule has 0 spiro atoms. The molecule has 0 aromatic heterocycles. The van der Waals surface area contributed by atoms with Crippen LogP contribution in [0.25, 0.3) is 10.8 Å². The molecule has 2 rings (SSSR count). The topological polar surface area (TPSA) is 26.3 Å². The molecule has 2 aromatic carbocycles. The predicted octanol–water partition coefficient (Wildman–Crippen LogP) is 3.65. The SMILES string of the molecule is C=CC(=O)Oc1ccc2ccccc2c1SC. The molecule has 0 saturated carbocycles. The molecule has 0 fully saturated rings. The maximum absolute atomic E-state index is 11.2. The van der Waals surface area contributed by atoms with Crippen LogP contribution in [0.2, 0.25) is 0 Å². The summed E-state index contributed by atoms with van der Waals surface area (Å²) in [5, 5.41) is 2.23. The molecule has 0 amide bonds. The number of fused-ring (bicyclic) bond motifs is 1. The lowest BCUT2D eigenvalue weighted by molar-refractivity contribution is -0.129. The molecular formula is C14H12O2S. The van der Waals surface area contributed by atoms with Crippen LogP contribution >= 0.6 is 11.8 Å². The molecule has 2 nitrogen and oxygen atoms in total. The second-order valence-corrected chi connectivity index (χ2v) is 4.26. The Morgan fingerprint density at radius 3 is 2.76 bits per heavy atom. The van der Waals surface area contributed by atoms with E-state index in [0.717, 1.165) is 15.7 Å². The summed E-state index contributed by atoms with van der Waals surface area (Å²) in [7, 11) is 0. The number of hydrogen-bond donors (Lipinski definition) is 0. The largest absolute Gasteiger partial charge is 0.422 e. The number of carbonyl (C=O) groups excluding carboxylic acids is 1. The Morgan fingerprint density at radius 1 is 1.29 bits per heavy atom. The van der Waals surface area contributed by atoms with Gasteiger partial charge in [-0.05, 0) is 23.1 Å². The lowest BCUT2D eigenvalue weighted by Gasteiger charge is -2.10. The van der Waals surface area contributed by atoms with Crippen molar-refractivity contribution in [3.63, 3.8) is 0 Å². The third kappa shape index (κ3) is 2.34. The molecular weight excluding hydrogens is 232 g/mol. The summed E-state index contributed by atoms with van der Waals surface area (Å²) in [6.45, 7) is 3.39. The van der Waals surface area contributed by atoms with Crippen LogP contribution in [0.3, 0.4) is 0 Å². The van der Waals surface area contributed by atoms with Gasteiger partial charge in [-0.25, -0.2) is 4.79 Å². The van der Waals surface area contributed by atoms with Crippen molar-refractivity contribution in [2.45, 2.75) is 4.90 Å². The zero-order chi connectivity index (χ0) is 12.3. The first-order chi connectivity index (χ1) is 8.26. The molecule has 0 bridgehead atoms. The van der Waals surface area contributed by atoms with Gasteiger partial charge in [-0.15, -0.1) is 11.8 Å². The third-order valence-electron chi connectivity index (χ3n) is 2.42. The van der Waals surface area contributed by atoms with Gasteiger partial charge in [0.1, 0.15) is 5.75 Å². The van der Waals surface area contributed by atoms with Crippen LogP contribution in [0.5, 0.6) is 5.75 Å². The van der Waals surface area contributed by atoms with E-state index in [0.29, 0.717) is 5.75 Å². The van der Waals surface area contributed by atoms with E-state index in [-0.39, 0.29) is 0 Å². The van der Waals surface area contributed by atoms with E-state index < -0.39 is 5.97 Å². The van der Waals surface area contributed by atoms with E-state index in [4.69, 9.17) is 4.74 Å². The molecule has 2 aromatic rings. The third-order valence-corrected chi connectivity index (χ3v) is 3.25. The van der Waals surface area contributed by atoms with Crippen molar-refractivity contribution in [2.75, 3.05) is 6.26 Å². The predicted molar refractivity (Wildman–Crippen MR) is 71.6 cm³/mol. The highest BCUT2D eigenvalue weighted by atomic mass is 32.2. The fourth-order valence-electron chi connectivity index (χ4n) is 1.66. The van der Waals surface area contributed by atoms with Gasteiger partial charge in [0.2, 0.25) is 0 Å². The number of benzene rings is 2. The zero-order valence-electron chi connectivity index (χ0n) is 9.47. The number of carbonyl (C=O) groups is 1. The number of hydrogen-bond acceptors (Lipinski definition) is 3. The van der Waals surface area contributed by atoms with Crippen LogP contribution in [-0.4, -0.2) is 12.2 Å². The fraction of sp³-hybridized carbons (Fsp3) is 0.0714. The summed E-state index contributed by atoms with van der Waals surface area (Å²) in [4.78, 5) is 12.2. The summed E-state index contributed by atoms with van der Waals surface area (Å²) < 4.78 is 5.22. The van der Waals surface area contributed by atoms with Crippen molar-refractivity contribution in [3.05, 3.63) is 49.1 Å². The molecule has 0 heterocycles. The number of esters is 1. The smallest absolute Gasteiger partial charge is 0.335 e. The molecule has 17 heavy (non-hydrogen) atoms. The molecule has 0 N–H and O–H groups in total. The molecule has 0 aliphatic rings. The van der Waals surface area contributed by atoms with Crippen LogP contribution in [-0.2, 0) is 4.79 Å². The van der Waals surface area contributed by atoms with E-state index in [9.17, 15) is 4.79 Å². The Kier molecular flexibility index (Phi) is 3.49. The highest BCUT2D eigenvalue weighted by molar-refractivity contribution is 7.99. The monoisotopic (exact) mass is 244 g/mol. The molecule has 0 unspecified atom stereocenters. The van der Waals surface area contributed by atoms with Crippen molar-refractivity contribution >= 4 is 28.5 Å². The molecule has 0 saturated heterocycles. The minimum Gasteiger partial charge on any atom is -0.422 e. The first-order valence-electron chi connectivity index (χ1n) is 5.16. The summed E-state index contributed by atoms with van der Waals surface area (Å²) in [5.41, 5.74) is 0. The number of rotatable bonds is 3. The van der Waals surface area contributed by atoms with Gasteiger partial charge in [0, 0.05) is 6.08 Å². The molecule has 0 radical (unpaired) electrons. The second-order valence-electron chi connectivity index (χ2n) is 3.44. The Labute approximate surface area is 104 Å². The van der Waals surface area contributed by atoms with Gasteiger partial charge in [-0.1, -0.05) is 36.9 Å². The van der Waals surface area contributed by atoms with Gasteiger partial charge in [-0.2, -0.15) is 0 Å². The maximum Gasteiger partial charge on any atom is 0.335 e. The highest BCUT2D eigenvalue weighted by Gasteiger charge is 2.09. The second kappa shape index (κ2) is 5.06. The zero-order valence-corrected chi connectivity index (χ0v) is 10.3. The molecule has 3 heteroatoms. The Bertz CT molecular complexity index is 575. The van der Waals surface area contributed by atoms with Crippen LogP contribution in [0.4, 0.5) is 0 Å². The lowest BCUT2D eigenvalue weighted by Crippen LogP contribution is -2.04. The summed E-state index contributed by atoms with van der Waals surface area (Å²) >= 11 is 1.57. The maximum atomic E-state index is 11.2. The Morgan fingerprint density at radius 2 is 2.06 bits per heavy atom. The summed E-state index contributed by atoms with van der Waals surface area (Å²) in [6.07, 6.45) is 3.13. The first-order valence-corrected chi connectivity index (χ1v) is 6.38. The quantitative estimate of drug-likeness (QED) is 0.357. The minimum atomic E-state index is -0.435. The van der Waals surface area contributed by atoms with Gasteiger partial charge in [0.15, 0.2) is 0 Å². The van der Waals surface area contributed by atoms with Crippen molar-refractivity contribution in [3.8, 4) is 5.75 Å². The van der Waals surface area contributed by atoms with Crippen molar-refractivity contribution in [1.29, 1.82) is 0 Å². The van der Waals surface area contributed by atoms with Crippen LogP contribution in [0.15, 0.2) is 53.9 Å². The lowest BCUT2D eigenvalue weighted by atomic mass is 10.1. The van der Waals surface area contributed by atoms with Gasteiger partial charge >= 0.3 is 5.97 Å². The van der Waals surface area contributed by atoms with E-state index in [1.807, 2.05) is 42.7 Å². The van der Waals surface area contributed by atoms with E-state index in [2.05, 4.69) is 6.58 Å². The van der Waals surface area contributed by atoms with Crippen LogP contribution < -0.4 is 4.74 Å². The summed E-state index contributed by atoms with van der Waals surface area (Å²) in [6, 6.07) is 11.8. The standard InChI is InChI=1S/C14H12O2S/c1-3-13(15)16-12-9-8-10-6-4-5-7-11(10)14(12)17-2/h3-9H,1H2,2H3. The number of ether oxygens (including phenoxy) is 1. The van der Waals surface area contributed by atoms with Gasteiger partial charge < -0.3 is 4.74 Å². The van der Waals surface area contributed by atoms with Crippen LogP contribution in [0, 0.1) is 0 Å². The van der Waals surface area contributed by atoms with Crippen molar-refractivity contribution in [2.24, 2.45) is 0 Å². The van der Waals surface area contributed by atoms with E-state index in [1.54, 1.807) is 11.8 Å². The number of thioether (sulfide) groups is 1. The average molecular weight is 244 g/mol. The molecule has 86 valence electrons. The Hall–Kier alpha value is -1.74. The van der Waals surface area contributed by atoms with Gasteiger partial charge in [0.25, 0.3) is 0 Å². The fourth-order valence-corrected chi connectivity index (χ4v) is 2.38. The first kappa shape index (κ1) is 11.7.